The maximum Gasteiger partial charge on any atom is 0.275 e. The van der Waals surface area contributed by atoms with E-state index in [1.54, 1.807) is 37.8 Å². The zero-order valence-corrected chi connectivity index (χ0v) is 15.3. The summed E-state index contributed by atoms with van der Waals surface area (Å²) in [6.45, 7) is 0.783. The molecule has 3 aromatic rings. The van der Waals surface area contributed by atoms with Gasteiger partial charge in [0.2, 0.25) is 0 Å². The van der Waals surface area contributed by atoms with E-state index in [2.05, 4.69) is 20.3 Å². The van der Waals surface area contributed by atoms with Crippen molar-refractivity contribution in [3.8, 4) is 5.75 Å². The average molecular weight is 363 g/mol. The molecule has 0 unspecified atom stereocenters. The van der Waals surface area contributed by atoms with Crippen LogP contribution in [0.5, 0.6) is 5.75 Å². The minimum absolute atomic E-state index is 0.243. The van der Waals surface area contributed by atoms with Gasteiger partial charge in [0.05, 0.1) is 25.2 Å². The number of hydrogen-bond acceptors (Lipinski definition) is 6. The summed E-state index contributed by atoms with van der Waals surface area (Å²) in [7, 11) is 3.50. The molecule has 7 nitrogen and oxygen atoms in total. The summed E-state index contributed by atoms with van der Waals surface area (Å²) < 4.78 is 5.23. The quantitative estimate of drug-likeness (QED) is 0.695. The lowest BCUT2D eigenvalue weighted by Gasteiger charge is -2.17. The molecular formula is C20H21N5O2. The largest absolute Gasteiger partial charge is 0.495 e. The van der Waals surface area contributed by atoms with Gasteiger partial charge in [-0.15, -0.1) is 0 Å². The molecule has 0 fully saturated rings. The van der Waals surface area contributed by atoms with Gasteiger partial charge in [0, 0.05) is 26.0 Å². The van der Waals surface area contributed by atoms with E-state index in [0.717, 1.165) is 13.0 Å². The average Bonchev–Trinajstić information content (AvgIpc) is 2.73. The molecule has 0 aliphatic rings. The Bertz CT molecular complexity index is 884. The number of methoxy groups -OCH3 is 1. The van der Waals surface area contributed by atoms with Crippen LogP contribution in [0.15, 0.2) is 61.2 Å². The lowest BCUT2D eigenvalue weighted by atomic mass is 10.2. The van der Waals surface area contributed by atoms with Crippen molar-refractivity contribution in [3.63, 3.8) is 0 Å². The highest BCUT2D eigenvalue weighted by Crippen LogP contribution is 2.23. The molecule has 0 saturated heterocycles. The van der Waals surface area contributed by atoms with Crippen molar-refractivity contribution in [2.45, 2.75) is 6.42 Å². The molecular weight excluding hydrogens is 342 g/mol. The van der Waals surface area contributed by atoms with Crippen LogP contribution in [-0.2, 0) is 6.42 Å². The monoisotopic (exact) mass is 363 g/mol. The predicted octanol–water partition coefficient (Wildman–Crippen LogP) is 2.81. The first-order chi connectivity index (χ1) is 13.2. The van der Waals surface area contributed by atoms with Gasteiger partial charge in [-0.1, -0.05) is 12.1 Å². The number of carbonyl (C=O) groups excluding carboxylic acids is 1. The zero-order chi connectivity index (χ0) is 19.1. The third-order valence-electron chi connectivity index (χ3n) is 4.10. The van der Waals surface area contributed by atoms with Gasteiger partial charge in [0.1, 0.15) is 17.3 Å². The van der Waals surface area contributed by atoms with E-state index in [-0.39, 0.29) is 11.6 Å². The van der Waals surface area contributed by atoms with Crippen LogP contribution >= 0.6 is 0 Å². The van der Waals surface area contributed by atoms with Crippen molar-refractivity contribution < 1.29 is 9.53 Å². The number of hydrogen-bond donors (Lipinski definition) is 1. The number of para-hydroxylation sites is 2. The molecule has 138 valence electrons. The third-order valence-corrected chi connectivity index (χ3v) is 4.10. The normalized spacial score (nSPS) is 10.3. The Labute approximate surface area is 158 Å². The van der Waals surface area contributed by atoms with E-state index in [9.17, 15) is 4.79 Å². The Morgan fingerprint density at radius 3 is 2.59 bits per heavy atom. The van der Waals surface area contributed by atoms with Crippen LogP contribution in [0.1, 0.15) is 16.1 Å². The van der Waals surface area contributed by atoms with E-state index in [1.807, 2.05) is 36.2 Å². The number of carbonyl (C=O) groups is 1. The number of pyridine rings is 1. The second kappa shape index (κ2) is 8.75. The number of anilines is 2. The van der Waals surface area contributed by atoms with Gasteiger partial charge in [-0.05, 0) is 36.2 Å². The summed E-state index contributed by atoms with van der Waals surface area (Å²) in [6.07, 6.45) is 7.51. The lowest BCUT2D eigenvalue weighted by Crippen LogP contribution is -2.22. The number of ether oxygens (including phenoxy) is 1. The van der Waals surface area contributed by atoms with Gasteiger partial charge in [0.25, 0.3) is 5.91 Å². The summed E-state index contributed by atoms with van der Waals surface area (Å²) in [5.74, 6) is 0.960. The van der Waals surface area contributed by atoms with Crippen LogP contribution < -0.4 is 15.0 Å². The molecule has 1 amide bonds. The molecule has 0 atom stereocenters. The first-order valence-electron chi connectivity index (χ1n) is 8.54. The third kappa shape index (κ3) is 4.78. The highest BCUT2D eigenvalue weighted by molar-refractivity contribution is 6.03. The Kier molecular flexibility index (Phi) is 5.94. The number of benzene rings is 1. The maximum atomic E-state index is 12.4. The van der Waals surface area contributed by atoms with Crippen LogP contribution in [0.25, 0.3) is 0 Å². The fourth-order valence-corrected chi connectivity index (χ4v) is 2.53. The molecule has 0 spiro atoms. The minimum Gasteiger partial charge on any atom is -0.495 e. The fourth-order valence-electron chi connectivity index (χ4n) is 2.53. The van der Waals surface area contributed by atoms with Crippen molar-refractivity contribution in [1.82, 2.24) is 15.0 Å². The lowest BCUT2D eigenvalue weighted by molar-refractivity contribution is 0.102. The van der Waals surface area contributed by atoms with Crippen molar-refractivity contribution in [1.29, 1.82) is 0 Å². The highest BCUT2D eigenvalue weighted by Gasteiger charge is 2.12. The first-order valence-corrected chi connectivity index (χ1v) is 8.54. The van der Waals surface area contributed by atoms with E-state index in [0.29, 0.717) is 17.3 Å². The highest BCUT2D eigenvalue weighted by atomic mass is 16.5. The van der Waals surface area contributed by atoms with Crippen LogP contribution in [0.4, 0.5) is 11.5 Å². The van der Waals surface area contributed by atoms with Crippen LogP contribution in [0.3, 0.4) is 0 Å². The second-order valence-electron chi connectivity index (χ2n) is 5.94. The predicted molar refractivity (Wildman–Crippen MR) is 104 cm³/mol. The SMILES string of the molecule is COc1ccccc1NC(=O)c1cnc(N(C)CCc2ccncc2)cn1. The van der Waals surface area contributed by atoms with Crippen molar-refractivity contribution in [3.05, 3.63) is 72.4 Å². The molecule has 2 heterocycles. The fraction of sp³-hybridized carbons (Fsp3) is 0.200. The van der Waals surface area contributed by atoms with Gasteiger partial charge >= 0.3 is 0 Å². The van der Waals surface area contributed by atoms with Crippen molar-refractivity contribution in [2.75, 3.05) is 30.9 Å². The van der Waals surface area contributed by atoms with Gasteiger partial charge in [-0.3, -0.25) is 9.78 Å². The minimum atomic E-state index is -0.335. The van der Waals surface area contributed by atoms with Crippen molar-refractivity contribution in [2.24, 2.45) is 0 Å². The summed E-state index contributed by atoms with van der Waals surface area (Å²) in [6, 6.07) is 11.2. The number of nitrogens with one attached hydrogen (secondary N) is 1. The van der Waals surface area contributed by atoms with E-state index < -0.39 is 0 Å². The second-order valence-corrected chi connectivity index (χ2v) is 5.94. The molecule has 1 N–H and O–H groups in total. The Morgan fingerprint density at radius 1 is 1.11 bits per heavy atom. The molecule has 3 rings (SSSR count). The van der Waals surface area contributed by atoms with Crippen LogP contribution in [0, 0.1) is 0 Å². The Morgan fingerprint density at radius 2 is 1.89 bits per heavy atom. The van der Waals surface area contributed by atoms with E-state index >= 15 is 0 Å². The number of amides is 1. The smallest absolute Gasteiger partial charge is 0.275 e. The van der Waals surface area contributed by atoms with Gasteiger partial charge in [-0.2, -0.15) is 0 Å². The topological polar surface area (TPSA) is 80.2 Å². The number of aromatic nitrogens is 3. The van der Waals surface area contributed by atoms with E-state index in [4.69, 9.17) is 4.74 Å². The summed E-state index contributed by atoms with van der Waals surface area (Å²) >= 11 is 0. The summed E-state index contributed by atoms with van der Waals surface area (Å²) in [4.78, 5) is 27.0. The molecule has 0 radical (unpaired) electrons. The van der Waals surface area contributed by atoms with E-state index in [1.165, 1.54) is 11.8 Å². The van der Waals surface area contributed by atoms with Crippen LogP contribution in [-0.4, -0.2) is 41.6 Å². The number of rotatable bonds is 7. The molecule has 0 aliphatic heterocycles. The molecule has 0 bridgehead atoms. The number of likely N-dealkylation sites (N-methyl/N-ethyl adjacent to an activating group) is 1. The molecule has 27 heavy (non-hydrogen) atoms. The number of nitrogens with zero attached hydrogens (tertiary/aromatic N) is 4. The van der Waals surface area contributed by atoms with Gasteiger partial charge in [-0.25, -0.2) is 9.97 Å². The molecule has 0 saturated carbocycles. The van der Waals surface area contributed by atoms with Gasteiger partial charge in [0.15, 0.2) is 0 Å². The Hall–Kier alpha value is -3.48. The molecule has 2 aromatic heterocycles. The maximum absolute atomic E-state index is 12.4. The first kappa shape index (κ1) is 18.3. The molecule has 1 aromatic carbocycles. The Balaban J connectivity index is 1.61. The molecule has 0 aliphatic carbocycles. The zero-order valence-electron chi connectivity index (χ0n) is 15.3. The molecule has 7 heteroatoms. The van der Waals surface area contributed by atoms with Crippen LogP contribution in [0.2, 0.25) is 0 Å². The van der Waals surface area contributed by atoms with Gasteiger partial charge < -0.3 is 15.0 Å². The van der Waals surface area contributed by atoms with Crippen molar-refractivity contribution >= 4 is 17.4 Å². The summed E-state index contributed by atoms with van der Waals surface area (Å²) in [5.41, 5.74) is 2.04. The standard InChI is InChI=1S/C20H21N5O2/c1-25(12-9-15-7-10-21-11-8-15)19-14-22-17(13-23-19)20(26)24-16-5-3-4-6-18(16)27-2/h3-8,10-11,13-14H,9,12H2,1-2H3,(H,24,26). The summed E-state index contributed by atoms with van der Waals surface area (Å²) in [5, 5.41) is 2.79.